The third-order valence-corrected chi connectivity index (χ3v) is 8.52. The highest BCUT2D eigenvalue weighted by molar-refractivity contribution is 7.92. The largest absolute Gasteiger partial charge is 0.462 e. The minimum atomic E-state index is -3.34. The molecule has 30 heavy (non-hydrogen) atoms. The van der Waals surface area contributed by atoms with Crippen LogP contribution in [-0.4, -0.2) is 32.2 Å². The first-order chi connectivity index (χ1) is 14.2. The quantitative estimate of drug-likeness (QED) is 0.641. The molecule has 0 radical (unpaired) electrons. The third-order valence-electron chi connectivity index (χ3n) is 5.14. The number of carbonyl (C=O) groups excluding carboxylic acids is 2. The molecule has 3 rings (SSSR count). The van der Waals surface area contributed by atoms with Gasteiger partial charge in [0.1, 0.15) is 5.00 Å². The molecular formula is C22H27NO5S2. The smallest absolute Gasteiger partial charge is 0.341 e. The fraction of sp³-hybridized carbons (Fsp3) is 0.455. The van der Waals surface area contributed by atoms with E-state index in [1.165, 1.54) is 23.5 Å². The van der Waals surface area contributed by atoms with Crippen LogP contribution in [0.2, 0.25) is 0 Å². The zero-order valence-electron chi connectivity index (χ0n) is 17.5. The van der Waals surface area contributed by atoms with E-state index in [2.05, 4.69) is 5.32 Å². The standard InChI is InChI=1S/C22H27NO5S2/c1-4-28-22(25)20-17-7-5-6-8-18(17)29-21(20)23-19(24)13-15-9-11-16(12-10-15)30(26,27)14(2)3/h9-12,14H,4-8,13H2,1-3H3,(H,23,24). The summed E-state index contributed by atoms with van der Waals surface area (Å²) in [7, 11) is -3.34. The third kappa shape index (κ3) is 4.75. The first-order valence-electron chi connectivity index (χ1n) is 10.2. The van der Waals surface area contributed by atoms with Gasteiger partial charge in [-0.25, -0.2) is 13.2 Å². The van der Waals surface area contributed by atoms with Crippen LogP contribution >= 0.6 is 11.3 Å². The summed E-state index contributed by atoms with van der Waals surface area (Å²) in [5.41, 5.74) is 2.20. The van der Waals surface area contributed by atoms with Gasteiger partial charge in [0, 0.05) is 4.88 Å². The summed E-state index contributed by atoms with van der Waals surface area (Å²) >= 11 is 1.45. The van der Waals surface area contributed by atoms with Crippen molar-refractivity contribution in [3.8, 4) is 0 Å². The summed E-state index contributed by atoms with van der Waals surface area (Å²) in [4.78, 5) is 26.5. The normalized spacial score (nSPS) is 13.7. The Labute approximate surface area is 181 Å². The van der Waals surface area contributed by atoms with E-state index in [4.69, 9.17) is 4.74 Å². The van der Waals surface area contributed by atoms with E-state index in [0.29, 0.717) is 16.1 Å². The topological polar surface area (TPSA) is 89.5 Å². The maximum atomic E-state index is 12.6. The van der Waals surface area contributed by atoms with Crippen molar-refractivity contribution in [1.29, 1.82) is 0 Å². The second-order valence-electron chi connectivity index (χ2n) is 7.60. The van der Waals surface area contributed by atoms with Gasteiger partial charge < -0.3 is 10.1 Å². The Morgan fingerprint density at radius 1 is 1.13 bits per heavy atom. The van der Waals surface area contributed by atoms with E-state index in [9.17, 15) is 18.0 Å². The number of fused-ring (bicyclic) bond motifs is 1. The maximum Gasteiger partial charge on any atom is 0.341 e. The molecule has 1 aromatic carbocycles. The number of amides is 1. The van der Waals surface area contributed by atoms with Crippen LogP contribution in [0.3, 0.4) is 0 Å². The highest BCUT2D eigenvalue weighted by Crippen LogP contribution is 2.38. The van der Waals surface area contributed by atoms with E-state index in [1.54, 1.807) is 32.9 Å². The van der Waals surface area contributed by atoms with Crippen molar-refractivity contribution >= 4 is 38.1 Å². The number of benzene rings is 1. The van der Waals surface area contributed by atoms with Crippen LogP contribution in [0.25, 0.3) is 0 Å². The molecule has 1 aliphatic carbocycles. The summed E-state index contributed by atoms with van der Waals surface area (Å²) in [5, 5.41) is 2.92. The molecular weight excluding hydrogens is 422 g/mol. The highest BCUT2D eigenvalue weighted by Gasteiger charge is 2.27. The molecule has 162 valence electrons. The second kappa shape index (κ2) is 9.31. The van der Waals surface area contributed by atoms with Gasteiger partial charge in [0.15, 0.2) is 9.84 Å². The molecule has 8 heteroatoms. The van der Waals surface area contributed by atoms with Gasteiger partial charge in [-0.3, -0.25) is 4.79 Å². The number of rotatable bonds is 7. The molecule has 6 nitrogen and oxygen atoms in total. The minimum absolute atomic E-state index is 0.0901. The Kier molecular flexibility index (Phi) is 6.98. The number of nitrogens with one attached hydrogen (secondary N) is 1. The van der Waals surface area contributed by atoms with Crippen molar-refractivity contribution in [1.82, 2.24) is 0 Å². The van der Waals surface area contributed by atoms with Crippen LogP contribution in [0.15, 0.2) is 29.2 Å². The van der Waals surface area contributed by atoms with Crippen molar-refractivity contribution in [3.05, 3.63) is 45.8 Å². The molecule has 0 fully saturated rings. The number of esters is 1. The lowest BCUT2D eigenvalue weighted by atomic mass is 9.95. The van der Waals surface area contributed by atoms with Crippen molar-refractivity contribution < 1.29 is 22.7 Å². The van der Waals surface area contributed by atoms with Crippen LogP contribution in [0.1, 0.15) is 60.0 Å². The summed E-state index contributed by atoms with van der Waals surface area (Å²) in [6, 6.07) is 6.37. The first-order valence-corrected chi connectivity index (χ1v) is 12.5. The molecule has 0 saturated heterocycles. The maximum absolute atomic E-state index is 12.6. The van der Waals surface area contributed by atoms with E-state index in [-0.39, 0.29) is 23.8 Å². The molecule has 0 unspecified atom stereocenters. The molecule has 1 amide bonds. The van der Waals surface area contributed by atoms with Crippen molar-refractivity contribution in [2.75, 3.05) is 11.9 Å². The Morgan fingerprint density at radius 2 is 1.80 bits per heavy atom. The Morgan fingerprint density at radius 3 is 2.43 bits per heavy atom. The average Bonchev–Trinajstić information content (AvgIpc) is 3.06. The molecule has 2 aromatic rings. The lowest BCUT2D eigenvalue weighted by Gasteiger charge is -2.12. The van der Waals surface area contributed by atoms with Gasteiger partial charge in [-0.2, -0.15) is 0 Å². The van der Waals surface area contributed by atoms with Crippen LogP contribution in [-0.2, 0) is 38.6 Å². The number of hydrogen-bond donors (Lipinski definition) is 1. The number of carbonyl (C=O) groups is 2. The SMILES string of the molecule is CCOC(=O)c1c(NC(=O)Cc2ccc(S(=O)(=O)C(C)C)cc2)sc2c1CCCC2. The van der Waals surface area contributed by atoms with Crippen molar-refractivity contribution in [3.63, 3.8) is 0 Å². The number of aryl methyl sites for hydroxylation is 1. The number of sulfone groups is 1. The number of anilines is 1. The highest BCUT2D eigenvalue weighted by atomic mass is 32.2. The van der Waals surface area contributed by atoms with Crippen LogP contribution in [0, 0.1) is 0 Å². The fourth-order valence-corrected chi connectivity index (χ4v) is 5.85. The Hall–Kier alpha value is -2.19. The average molecular weight is 450 g/mol. The van der Waals surface area contributed by atoms with Gasteiger partial charge in [0.25, 0.3) is 0 Å². The molecule has 0 atom stereocenters. The number of thiophene rings is 1. The molecule has 1 aliphatic rings. The van der Waals surface area contributed by atoms with Gasteiger partial charge in [0.2, 0.25) is 5.91 Å². The van der Waals surface area contributed by atoms with E-state index < -0.39 is 21.1 Å². The molecule has 1 aromatic heterocycles. The summed E-state index contributed by atoms with van der Waals surface area (Å²) < 4.78 is 29.7. The first kappa shape index (κ1) is 22.5. The summed E-state index contributed by atoms with van der Waals surface area (Å²) in [6.07, 6.45) is 3.92. The van der Waals surface area contributed by atoms with Gasteiger partial charge in [-0.1, -0.05) is 12.1 Å². The summed E-state index contributed by atoms with van der Waals surface area (Å²) in [5.74, 6) is -0.644. The lowest BCUT2D eigenvalue weighted by molar-refractivity contribution is -0.115. The van der Waals surface area contributed by atoms with Gasteiger partial charge in [-0.05, 0) is 69.7 Å². The monoisotopic (exact) mass is 449 g/mol. The predicted molar refractivity (Wildman–Crippen MR) is 118 cm³/mol. The van der Waals surface area contributed by atoms with Gasteiger partial charge >= 0.3 is 5.97 Å². The fourth-order valence-electron chi connectivity index (χ4n) is 3.50. The number of ether oxygens (including phenoxy) is 1. The van der Waals surface area contributed by atoms with E-state index in [0.717, 1.165) is 36.1 Å². The predicted octanol–water partition coefficient (Wildman–Crippen LogP) is 4.17. The van der Waals surface area contributed by atoms with Crippen molar-refractivity contribution in [2.24, 2.45) is 0 Å². The second-order valence-corrected chi connectivity index (χ2v) is 11.2. The molecule has 1 N–H and O–H groups in total. The molecule has 0 aliphatic heterocycles. The van der Waals surface area contributed by atoms with Crippen LogP contribution < -0.4 is 5.32 Å². The van der Waals surface area contributed by atoms with E-state index in [1.807, 2.05) is 0 Å². The lowest BCUT2D eigenvalue weighted by Crippen LogP contribution is -2.17. The van der Waals surface area contributed by atoms with Gasteiger partial charge in [-0.15, -0.1) is 11.3 Å². The molecule has 0 saturated carbocycles. The molecule has 1 heterocycles. The van der Waals surface area contributed by atoms with Crippen LogP contribution in [0.5, 0.6) is 0 Å². The van der Waals surface area contributed by atoms with Gasteiger partial charge in [0.05, 0.1) is 28.7 Å². The number of hydrogen-bond acceptors (Lipinski definition) is 6. The molecule has 0 bridgehead atoms. The Balaban J connectivity index is 1.77. The zero-order chi connectivity index (χ0) is 21.9. The van der Waals surface area contributed by atoms with Crippen LogP contribution in [0.4, 0.5) is 5.00 Å². The van der Waals surface area contributed by atoms with Crippen molar-refractivity contribution in [2.45, 2.75) is 63.0 Å². The minimum Gasteiger partial charge on any atom is -0.462 e. The van der Waals surface area contributed by atoms with E-state index >= 15 is 0 Å². The molecule has 0 spiro atoms. The zero-order valence-corrected chi connectivity index (χ0v) is 19.1. The summed E-state index contributed by atoms with van der Waals surface area (Å²) in [6.45, 7) is 5.32. The Bertz CT molecular complexity index is 1040.